The third-order valence-electron chi connectivity index (χ3n) is 5.24. The SMILES string of the molecule is CCCOC(=O)C1=C(C)Nc2nnnn2C1c1cc(Br)c(OCc2ccccc2)c(OCC)c1. The van der Waals surface area contributed by atoms with E-state index in [-0.39, 0.29) is 0 Å². The standard InChI is InChI=1S/C24H26BrN5O4/c1-4-11-33-23(31)20-15(3)26-24-27-28-29-30(24)21(20)17-12-18(25)22(19(13-17)32-5-2)34-14-16-9-7-6-8-10-16/h6-10,12-13,21H,4-5,11,14H2,1-3H3,(H,26,27,29). The Kier molecular flexibility index (Phi) is 7.46. The smallest absolute Gasteiger partial charge is 0.338 e. The normalized spacial score (nSPS) is 14.9. The van der Waals surface area contributed by atoms with Gasteiger partial charge in [0.2, 0.25) is 5.95 Å². The Labute approximate surface area is 206 Å². The number of anilines is 1. The van der Waals surface area contributed by atoms with E-state index in [0.717, 1.165) is 17.5 Å². The quantitative estimate of drug-likeness (QED) is 0.401. The van der Waals surface area contributed by atoms with Gasteiger partial charge in [-0.25, -0.2) is 4.79 Å². The molecule has 2 aromatic carbocycles. The van der Waals surface area contributed by atoms with E-state index in [4.69, 9.17) is 14.2 Å². The molecule has 1 aromatic heterocycles. The molecule has 0 saturated carbocycles. The van der Waals surface area contributed by atoms with E-state index in [9.17, 15) is 4.79 Å². The summed E-state index contributed by atoms with van der Waals surface area (Å²) in [6.07, 6.45) is 0.722. The maximum Gasteiger partial charge on any atom is 0.338 e. The summed E-state index contributed by atoms with van der Waals surface area (Å²) in [6.45, 7) is 6.82. The van der Waals surface area contributed by atoms with Crippen LogP contribution < -0.4 is 14.8 Å². The molecule has 0 aliphatic carbocycles. The molecular weight excluding hydrogens is 502 g/mol. The van der Waals surface area contributed by atoms with Crippen molar-refractivity contribution >= 4 is 27.8 Å². The lowest BCUT2D eigenvalue weighted by atomic mass is 9.95. The molecule has 2 heterocycles. The maximum atomic E-state index is 13.0. The molecule has 1 unspecified atom stereocenters. The molecule has 0 radical (unpaired) electrons. The molecule has 0 amide bonds. The van der Waals surface area contributed by atoms with Crippen LogP contribution in [0.2, 0.25) is 0 Å². The van der Waals surface area contributed by atoms with Crippen molar-refractivity contribution in [3.63, 3.8) is 0 Å². The van der Waals surface area contributed by atoms with Crippen LogP contribution in [0.15, 0.2) is 58.2 Å². The van der Waals surface area contributed by atoms with Crippen molar-refractivity contribution in [1.29, 1.82) is 0 Å². The average Bonchev–Trinajstić information content (AvgIpc) is 3.29. The van der Waals surface area contributed by atoms with Crippen molar-refractivity contribution in [3.8, 4) is 11.5 Å². The molecular formula is C24H26BrN5O4. The highest BCUT2D eigenvalue weighted by atomic mass is 79.9. The highest BCUT2D eigenvalue weighted by Crippen LogP contribution is 2.43. The predicted molar refractivity (Wildman–Crippen MR) is 130 cm³/mol. The van der Waals surface area contributed by atoms with Gasteiger partial charge in [-0.15, -0.1) is 0 Å². The molecule has 0 fully saturated rings. The summed E-state index contributed by atoms with van der Waals surface area (Å²) in [4.78, 5) is 13.0. The summed E-state index contributed by atoms with van der Waals surface area (Å²) in [6, 6.07) is 13.0. The van der Waals surface area contributed by atoms with E-state index in [1.807, 2.05) is 63.2 Å². The molecule has 34 heavy (non-hydrogen) atoms. The Morgan fingerprint density at radius 3 is 2.71 bits per heavy atom. The monoisotopic (exact) mass is 527 g/mol. The van der Waals surface area contributed by atoms with Crippen molar-refractivity contribution in [1.82, 2.24) is 20.2 Å². The summed E-state index contributed by atoms with van der Waals surface area (Å²) >= 11 is 3.64. The van der Waals surface area contributed by atoms with Gasteiger partial charge in [-0.2, -0.15) is 4.68 Å². The van der Waals surface area contributed by atoms with Gasteiger partial charge >= 0.3 is 5.97 Å². The highest BCUT2D eigenvalue weighted by molar-refractivity contribution is 9.10. The number of aromatic nitrogens is 4. The zero-order valence-corrected chi connectivity index (χ0v) is 20.8. The minimum Gasteiger partial charge on any atom is -0.490 e. The number of fused-ring (bicyclic) bond motifs is 1. The fraction of sp³-hybridized carbons (Fsp3) is 0.333. The van der Waals surface area contributed by atoms with Gasteiger partial charge in [0.05, 0.1) is 23.3 Å². The molecule has 0 spiro atoms. The highest BCUT2D eigenvalue weighted by Gasteiger charge is 2.36. The third-order valence-corrected chi connectivity index (χ3v) is 5.83. The van der Waals surface area contributed by atoms with Crippen LogP contribution in [0.3, 0.4) is 0 Å². The lowest BCUT2D eigenvalue weighted by Gasteiger charge is -2.28. The average molecular weight is 528 g/mol. The van der Waals surface area contributed by atoms with Crippen LogP contribution >= 0.6 is 15.9 Å². The number of hydrogen-bond acceptors (Lipinski definition) is 8. The fourth-order valence-electron chi connectivity index (χ4n) is 3.74. The summed E-state index contributed by atoms with van der Waals surface area (Å²) in [5, 5.41) is 15.0. The van der Waals surface area contributed by atoms with E-state index >= 15 is 0 Å². The molecule has 1 aliphatic rings. The largest absolute Gasteiger partial charge is 0.490 e. The van der Waals surface area contributed by atoms with Crippen LogP contribution in [0, 0.1) is 0 Å². The first-order valence-corrected chi connectivity index (χ1v) is 11.9. The Morgan fingerprint density at radius 1 is 1.18 bits per heavy atom. The van der Waals surface area contributed by atoms with Gasteiger partial charge in [0.1, 0.15) is 12.6 Å². The van der Waals surface area contributed by atoms with Gasteiger partial charge < -0.3 is 19.5 Å². The number of nitrogens with one attached hydrogen (secondary N) is 1. The van der Waals surface area contributed by atoms with E-state index in [2.05, 4.69) is 36.8 Å². The number of allylic oxidation sites excluding steroid dienone is 1. The van der Waals surface area contributed by atoms with Gasteiger partial charge in [-0.05, 0) is 69.9 Å². The van der Waals surface area contributed by atoms with Gasteiger partial charge in [0.15, 0.2) is 11.5 Å². The molecule has 10 heteroatoms. The van der Waals surface area contributed by atoms with Crippen LogP contribution in [0.1, 0.15) is 44.4 Å². The topological polar surface area (TPSA) is 100 Å². The van der Waals surface area contributed by atoms with Crippen molar-refractivity contribution in [3.05, 3.63) is 69.3 Å². The summed E-state index contributed by atoms with van der Waals surface area (Å²) in [7, 11) is 0. The summed E-state index contributed by atoms with van der Waals surface area (Å²) < 4.78 is 19.8. The van der Waals surface area contributed by atoms with E-state index in [0.29, 0.717) is 53.0 Å². The van der Waals surface area contributed by atoms with Gasteiger partial charge in [-0.3, -0.25) is 0 Å². The van der Waals surface area contributed by atoms with Crippen LogP contribution in [0.4, 0.5) is 5.95 Å². The molecule has 178 valence electrons. The third kappa shape index (κ3) is 4.91. The number of carbonyl (C=O) groups is 1. The summed E-state index contributed by atoms with van der Waals surface area (Å²) in [5.41, 5.74) is 2.85. The minimum atomic E-state index is -0.603. The number of benzene rings is 2. The van der Waals surface area contributed by atoms with Gasteiger partial charge in [0.25, 0.3) is 0 Å². The number of hydrogen-bond donors (Lipinski definition) is 1. The van der Waals surface area contributed by atoms with Crippen molar-refractivity contribution in [2.24, 2.45) is 0 Å². The number of tetrazole rings is 1. The molecule has 3 aromatic rings. The number of halogens is 1. The van der Waals surface area contributed by atoms with Crippen molar-refractivity contribution in [2.45, 2.75) is 39.8 Å². The Bertz CT molecular complexity index is 1200. The van der Waals surface area contributed by atoms with E-state index in [1.165, 1.54) is 0 Å². The molecule has 9 nitrogen and oxygen atoms in total. The second-order valence-corrected chi connectivity index (χ2v) is 8.54. The number of carbonyl (C=O) groups excluding carboxylic acids is 1. The summed E-state index contributed by atoms with van der Waals surface area (Å²) in [5.74, 6) is 1.15. The zero-order valence-electron chi connectivity index (χ0n) is 19.2. The van der Waals surface area contributed by atoms with Gasteiger partial charge in [-0.1, -0.05) is 42.4 Å². The number of nitrogens with zero attached hydrogens (tertiary/aromatic N) is 4. The number of ether oxygens (including phenoxy) is 3. The first-order valence-electron chi connectivity index (χ1n) is 11.1. The van der Waals surface area contributed by atoms with Crippen LogP contribution in [-0.4, -0.2) is 39.4 Å². The van der Waals surface area contributed by atoms with Crippen LogP contribution in [-0.2, 0) is 16.1 Å². The van der Waals surface area contributed by atoms with Crippen LogP contribution in [0.25, 0.3) is 0 Å². The number of esters is 1. The lowest BCUT2D eigenvalue weighted by Crippen LogP contribution is -2.30. The predicted octanol–water partition coefficient (Wildman–Crippen LogP) is 4.66. The molecule has 1 N–H and O–H groups in total. The van der Waals surface area contributed by atoms with E-state index < -0.39 is 12.0 Å². The molecule has 1 atom stereocenters. The second-order valence-electron chi connectivity index (χ2n) is 7.69. The Balaban J connectivity index is 1.75. The first kappa shape index (κ1) is 23.7. The lowest BCUT2D eigenvalue weighted by molar-refractivity contribution is -0.139. The van der Waals surface area contributed by atoms with E-state index in [1.54, 1.807) is 4.68 Å². The Morgan fingerprint density at radius 2 is 1.97 bits per heavy atom. The Hall–Kier alpha value is -3.40. The van der Waals surface area contributed by atoms with Crippen LogP contribution in [0.5, 0.6) is 11.5 Å². The first-order chi connectivity index (χ1) is 16.5. The minimum absolute atomic E-state index is 0.324. The van der Waals surface area contributed by atoms with Crippen molar-refractivity contribution < 1.29 is 19.0 Å². The van der Waals surface area contributed by atoms with Crippen molar-refractivity contribution in [2.75, 3.05) is 18.5 Å². The van der Waals surface area contributed by atoms with Gasteiger partial charge in [0, 0.05) is 5.70 Å². The zero-order chi connectivity index (χ0) is 24.1. The fourth-order valence-corrected chi connectivity index (χ4v) is 4.31. The molecule has 0 saturated heterocycles. The number of rotatable bonds is 9. The molecule has 4 rings (SSSR count). The second kappa shape index (κ2) is 10.7. The maximum absolute atomic E-state index is 13.0. The molecule has 1 aliphatic heterocycles. The molecule has 0 bridgehead atoms.